The highest BCUT2D eigenvalue weighted by Crippen LogP contribution is 2.32. The van der Waals surface area contributed by atoms with Crippen LogP contribution in [0, 0.1) is 5.92 Å². The van der Waals surface area contributed by atoms with Gasteiger partial charge in [-0.3, -0.25) is 0 Å². The minimum absolute atomic E-state index is 0.362. The Bertz CT molecular complexity index is 574. The number of rotatable bonds is 5. The van der Waals surface area contributed by atoms with Crippen molar-refractivity contribution in [1.29, 1.82) is 0 Å². The summed E-state index contributed by atoms with van der Waals surface area (Å²) in [7, 11) is -1.27. The smallest absolute Gasteiger partial charge is 0.145 e. The zero-order valence-corrected chi connectivity index (χ0v) is 14.6. The van der Waals surface area contributed by atoms with E-state index in [0.717, 1.165) is 11.3 Å². The molecule has 21 heavy (non-hydrogen) atoms. The molecule has 1 saturated carbocycles. The minimum atomic E-state index is -1.27. The molecule has 0 unspecified atom stereocenters. The lowest BCUT2D eigenvalue weighted by Gasteiger charge is -2.14. The Labute approximate surface area is 134 Å². The van der Waals surface area contributed by atoms with Crippen LogP contribution in [0.4, 0.5) is 0 Å². The molecule has 0 N–H and O–H groups in total. The van der Waals surface area contributed by atoms with E-state index >= 15 is 0 Å². The molecule has 0 heterocycles. The molecule has 0 spiro atoms. The van der Waals surface area contributed by atoms with E-state index in [2.05, 4.69) is 4.40 Å². The summed E-state index contributed by atoms with van der Waals surface area (Å²) in [4.78, 5) is 0. The van der Waals surface area contributed by atoms with Crippen LogP contribution >= 0.6 is 11.6 Å². The zero-order chi connectivity index (χ0) is 15.6. The number of hydrogen-bond acceptors (Lipinski definition) is 2. The van der Waals surface area contributed by atoms with Gasteiger partial charge in [-0.1, -0.05) is 17.7 Å². The van der Waals surface area contributed by atoms with Crippen LogP contribution in [0.15, 0.2) is 22.6 Å². The predicted octanol–water partition coefficient (Wildman–Crippen LogP) is 4.40. The first-order valence-corrected chi connectivity index (χ1v) is 8.66. The lowest BCUT2D eigenvalue weighted by Crippen LogP contribution is -2.20. The van der Waals surface area contributed by atoms with Crippen LogP contribution in [0.3, 0.4) is 0 Å². The number of nitrogens with zero attached hydrogens (tertiary/aromatic N) is 1. The maximum absolute atomic E-state index is 12.1. The van der Waals surface area contributed by atoms with Gasteiger partial charge in [0.2, 0.25) is 0 Å². The third-order valence-corrected chi connectivity index (χ3v) is 5.06. The van der Waals surface area contributed by atoms with E-state index in [-0.39, 0.29) is 4.75 Å². The maximum atomic E-state index is 12.1. The first-order chi connectivity index (χ1) is 9.77. The molecule has 1 aliphatic carbocycles. The SMILES string of the molecule is CC(=N[S@@](=O)C(C)(C)C)c1ccc(Cl)c(OCC2CC2)c1. The Morgan fingerprint density at radius 1 is 1.43 bits per heavy atom. The molecule has 0 amide bonds. The summed E-state index contributed by atoms with van der Waals surface area (Å²) in [5.41, 5.74) is 1.62. The van der Waals surface area contributed by atoms with Crippen molar-refractivity contribution in [2.24, 2.45) is 10.3 Å². The summed E-state index contributed by atoms with van der Waals surface area (Å²) in [5, 5.41) is 0.601. The summed E-state index contributed by atoms with van der Waals surface area (Å²) < 4.78 is 21.8. The van der Waals surface area contributed by atoms with Crippen molar-refractivity contribution < 1.29 is 8.95 Å². The lowest BCUT2D eigenvalue weighted by molar-refractivity contribution is 0.300. The fourth-order valence-electron chi connectivity index (χ4n) is 1.65. The van der Waals surface area contributed by atoms with Crippen LogP contribution in [0.5, 0.6) is 5.75 Å². The molecule has 116 valence electrons. The van der Waals surface area contributed by atoms with Gasteiger partial charge in [0.25, 0.3) is 0 Å². The maximum Gasteiger partial charge on any atom is 0.145 e. The second-order valence-corrected chi connectivity index (χ2v) is 8.75. The van der Waals surface area contributed by atoms with E-state index in [0.29, 0.717) is 23.3 Å². The standard InChI is InChI=1S/C16H22ClNO2S/c1-11(18-21(19)16(2,3)4)13-7-8-14(17)15(9-13)20-10-12-5-6-12/h7-9,12H,5-6,10H2,1-4H3/t21-/m0/s1. The summed E-state index contributed by atoms with van der Waals surface area (Å²) in [6.45, 7) is 8.30. The second-order valence-electron chi connectivity index (χ2n) is 6.44. The third kappa shape index (κ3) is 4.82. The molecule has 1 fully saturated rings. The van der Waals surface area contributed by atoms with E-state index < -0.39 is 11.0 Å². The van der Waals surface area contributed by atoms with Gasteiger partial charge >= 0.3 is 0 Å². The van der Waals surface area contributed by atoms with Crippen LogP contribution < -0.4 is 4.74 Å². The van der Waals surface area contributed by atoms with Crippen LogP contribution in [-0.4, -0.2) is 21.3 Å². The number of ether oxygens (including phenoxy) is 1. The first kappa shape index (κ1) is 16.5. The fourth-order valence-corrected chi connectivity index (χ4v) is 2.45. The molecule has 0 aliphatic heterocycles. The van der Waals surface area contributed by atoms with Crippen molar-refractivity contribution in [2.45, 2.75) is 45.3 Å². The average Bonchev–Trinajstić information content (AvgIpc) is 3.20. The molecule has 3 nitrogen and oxygen atoms in total. The average molecular weight is 328 g/mol. The highest BCUT2D eigenvalue weighted by molar-refractivity contribution is 7.85. The molecule has 0 radical (unpaired) electrons. The highest BCUT2D eigenvalue weighted by Gasteiger charge is 2.22. The van der Waals surface area contributed by atoms with Crippen molar-refractivity contribution in [1.82, 2.24) is 0 Å². The quantitative estimate of drug-likeness (QED) is 0.752. The van der Waals surface area contributed by atoms with Crippen LogP contribution in [0.2, 0.25) is 5.02 Å². The second kappa shape index (κ2) is 6.49. The molecular weight excluding hydrogens is 306 g/mol. The summed E-state index contributed by atoms with van der Waals surface area (Å²) >= 11 is 6.16. The molecule has 0 saturated heterocycles. The van der Waals surface area contributed by atoms with Crippen molar-refractivity contribution in [3.63, 3.8) is 0 Å². The Hall–Kier alpha value is -0.870. The number of benzene rings is 1. The van der Waals surface area contributed by atoms with Crippen LogP contribution in [-0.2, 0) is 11.0 Å². The van der Waals surface area contributed by atoms with Gasteiger partial charge < -0.3 is 4.74 Å². The van der Waals surface area contributed by atoms with Gasteiger partial charge in [-0.25, -0.2) is 4.21 Å². The third-order valence-electron chi connectivity index (χ3n) is 3.26. The molecule has 2 rings (SSSR count). The lowest BCUT2D eigenvalue weighted by atomic mass is 10.1. The number of hydrogen-bond donors (Lipinski definition) is 0. The Morgan fingerprint density at radius 3 is 2.67 bits per heavy atom. The molecule has 1 atom stereocenters. The fraction of sp³-hybridized carbons (Fsp3) is 0.562. The monoisotopic (exact) mass is 327 g/mol. The van der Waals surface area contributed by atoms with Gasteiger partial charge in [-0.2, -0.15) is 4.40 Å². The van der Waals surface area contributed by atoms with Gasteiger partial charge in [0.15, 0.2) is 0 Å². The minimum Gasteiger partial charge on any atom is -0.492 e. The predicted molar refractivity (Wildman–Crippen MR) is 89.8 cm³/mol. The number of halogens is 1. The largest absolute Gasteiger partial charge is 0.492 e. The first-order valence-electron chi connectivity index (χ1n) is 7.17. The van der Waals surface area contributed by atoms with Crippen molar-refractivity contribution in [2.75, 3.05) is 6.61 Å². The molecule has 0 aromatic heterocycles. The van der Waals surface area contributed by atoms with Gasteiger partial charge in [0.1, 0.15) is 16.7 Å². The van der Waals surface area contributed by atoms with Crippen LogP contribution in [0.1, 0.15) is 46.1 Å². The summed E-state index contributed by atoms with van der Waals surface area (Å²) in [5.74, 6) is 1.35. The van der Waals surface area contributed by atoms with Crippen molar-refractivity contribution in [3.05, 3.63) is 28.8 Å². The Balaban J connectivity index is 2.16. The van der Waals surface area contributed by atoms with E-state index in [1.165, 1.54) is 12.8 Å². The van der Waals surface area contributed by atoms with Crippen LogP contribution in [0.25, 0.3) is 0 Å². The molecule has 1 aromatic rings. The van der Waals surface area contributed by atoms with Crippen molar-refractivity contribution >= 4 is 28.3 Å². The normalized spacial score (nSPS) is 17.7. The van der Waals surface area contributed by atoms with E-state index in [1.807, 2.05) is 39.8 Å². The van der Waals surface area contributed by atoms with E-state index in [1.54, 1.807) is 6.07 Å². The van der Waals surface area contributed by atoms with Gasteiger partial charge in [-0.05, 0) is 58.6 Å². The van der Waals surface area contributed by atoms with Gasteiger partial charge in [-0.15, -0.1) is 0 Å². The topological polar surface area (TPSA) is 38.7 Å². The molecule has 1 aliphatic rings. The van der Waals surface area contributed by atoms with Gasteiger partial charge in [0, 0.05) is 5.56 Å². The highest BCUT2D eigenvalue weighted by atomic mass is 35.5. The molecular formula is C16H22ClNO2S. The van der Waals surface area contributed by atoms with Crippen molar-refractivity contribution in [3.8, 4) is 5.75 Å². The van der Waals surface area contributed by atoms with Gasteiger partial charge in [0.05, 0.1) is 22.1 Å². The molecule has 1 aromatic carbocycles. The molecule has 5 heteroatoms. The Kier molecular flexibility index (Phi) is 5.10. The molecule has 0 bridgehead atoms. The van der Waals surface area contributed by atoms with E-state index in [4.69, 9.17) is 16.3 Å². The Morgan fingerprint density at radius 2 is 2.10 bits per heavy atom. The summed E-state index contributed by atoms with van der Waals surface area (Å²) in [6.07, 6.45) is 2.48. The van der Waals surface area contributed by atoms with E-state index in [9.17, 15) is 4.21 Å². The summed E-state index contributed by atoms with van der Waals surface area (Å²) in [6, 6.07) is 5.56. The zero-order valence-electron chi connectivity index (χ0n) is 13.0.